The first kappa shape index (κ1) is 24.1. The van der Waals surface area contributed by atoms with Crippen LogP contribution in [0.5, 0.6) is 0 Å². The molecule has 1 heterocycles. The first-order valence-electron chi connectivity index (χ1n) is 9.36. The highest BCUT2D eigenvalue weighted by Gasteiger charge is 2.27. The minimum absolute atomic E-state index is 0. The average Bonchev–Trinajstić information content (AvgIpc) is 2.87. The van der Waals surface area contributed by atoms with E-state index in [-0.39, 0.29) is 42.7 Å². The topological polar surface area (TPSA) is 90.0 Å². The summed E-state index contributed by atoms with van der Waals surface area (Å²) in [5.74, 6) is -0.963. The molecule has 0 spiro atoms. The number of amides is 1. The second kappa shape index (κ2) is 11.1. The molecule has 1 aliphatic rings. The van der Waals surface area contributed by atoms with Crippen LogP contribution in [0.25, 0.3) is 0 Å². The summed E-state index contributed by atoms with van der Waals surface area (Å²) in [4.78, 5) is 39.1. The van der Waals surface area contributed by atoms with Crippen LogP contribution in [0, 0.1) is 0 Å². The predicted octanol–water partition coefficient (Wildman–Crippen LogP) is 2.51. The third-order valence-electron chi connectivity index (χ3n) is 5.20. The number of anilines is 1. The molecule has 1 amide bonds. The van der Waals surface area contributed by atoms with Gasteiger partial charge < -0.3 is 10.4 Å². The SMILES string of the molecule is CC(=O)c1cccc(NC(=O)C(C)N2CCCC(N(C)CC(=O)O)CC2)c1.Cl. The molecule has 28 heavy (non-hydrogen) atoms. The molecule has 2 unspecified atom stereocenters. The van der Waals surface area contributed by atoms with Gasteiger partial charge in [0.2, 0.25) is 5.91 Å². The Hall–Kier alpha value is -1.96. The van der Waals surface area contributed by atoms with Crippen molar-refractivity contribution in [3.8, 4) is 0 Å². The molecule has 0 aromatic heterocycles. The predicted molar refractivity (Wildman–Crippen MR) is 111 cm³/mol. The Balaban J connectivity index is 0.00000392. The van der Waals surface area contributed by atoms with Crippen LogP contribution in [0.2, 0.25) is 0 Å². The number of carboxylic acids is 1. The van der Waals surface area contributed by atoms with Crippen molar-refractivity contribution < 1.29 is 19.5 Å². The second-order valence-electron chi connectivity index (χ2n) is 7.23. The van der Waals surface area contributed by atoms with Crippen molar-refractivity contribution in [3.63, 3.8) is 0 Å². The van der Waals surface area contributed by atoms with Gasteiger partial charge in [-0.3, -0.25) is 24.2 Å². The monoisotopic (exact) mass is 411 g/mol. The third-order valence-corrected chi connectivity index (χ3v) is 5.20. The third kappa shape index (κ3) is 6.89. The normalized spacial score (nSPS) is 18.6. The number of rotatable bonds is 7. The Bertz CT molecular complexity index is 698. The highest BCUT2D eigenvalue weighted by Crippen LogP contribution is 2.19. The van der Waals surface area contributed by atoms with E-state index in [2.05, 4.69) is 10.2 Å². The molecule has 2 atom stereocenters. The maximum Gasteiger partial charge on any atom is 0.317 e. The van der Waals surface area contributed by atoms with Gasteiger partial charge in [0.05, 0.1) is 12.6 Å². The number of hydrogen-bond donors (Lipinski definition) is 2. The molecule has 1 aromatic carbocycles. The molecule has 0 aliphatic carbocycles. The number of ketones is 1. The summed E-state index contributed by atoms with van der Waals surface area (Å²) in [5, 5.41) is 11.9. The van der Waals surface area contributed by atoms with E-state index in [1.807, 2.05) is 18.9 Å². The summed E-state index contributed by atoms with van der Waals surface area (Å²) < 4.78 is 0. The lowest BCUT2D eigenvalue weighted by Gasteiger charge is -2.28. The fraction of sp³-hybridized carbons (Fsp3) is 0.550. The summed E-state index contributed by atoms with van der Waals surface area (Å²) in [7, 11) is 1.84. The fourth-order valence-electron chi connectivity index (χ4n) is 3.50. The molecule has 1 fully saturated rings. The second-order valence-corrected chi connectivity index (χ2v) is 7.23. The number of hydrogen-bond acceptors (Lipinski definition) is 5. The van der Waals surface area contributed by atoms with Gasteiger partial charge in [-0.25, -0.2) is 0 Å². The van der Waals surface area contributed by atoms with E-state index in [0.717, 1.165) is 32.4 Å². The standard InChI is InChI=1S/C20H29N3O4.ClH/c1-14(20(27)21-17-7-4-6-16(12-17)15(2)24)23-10-5-8-18(9-11-23)22(3)13-19(25)26;/h4,6-7,12,14,18H,5,8-11,13H2,1-3H3,(H,21,27)(H,25,26);1H. The van der Waals surface area contributed by atoms with Gasteiger partial charge in [-0.05, 0) is 58.8 Å². The van der Waals surface area contributed by atoms with E-state index < -0.39 is 5.97 Å². The number of aliphatic carboxylic acids is 1. The Kier molecular flexibility index (Phi) is 9.58. The van der Waals surface area contributed by atoms with Crippen molar-refractivity contribution in [2.45, 2.75) is 45.2 Å². The maximum atomic E-state index is 12.6. The average molecular weight is 412 g/mol. The Morgan fingerprint density at radius 2 is 2.00 bits per heavy atom. The molecule has 0 radical (unpaired) electrons. The van der Waals surface area contributed by atoms with Crippen LogP contribution in [0.4, 0.5) is 5.69 Å². The Morgan fingerprint density at radius 3 is 2.64 bits per heavy atom. The summed E-state index contributed by atoms with van der Waals surface area (Å²) in [6.07, 6.45) is 2.68. The first-order valence-corrected chi connectivity index (χ1v) is 9.36. The minimum Gasteiger partial charge on any atom is -0.480 e. The van der Waals surface area contributed by atoms with E-state index in [1.165, 1.54) is 6.92 Å². The van der Waals surface area contributed by atoms with Crippen molar-refractivity contribution in [2.75, 3.05) is 32.0 Å². The maximum absolute atomic E-state index is 12.6. The van der Waals surface area contributed by atoms with Crippen molar-refractivity contribution in [3.05, 3.63) is 29.8 Å². The van der Waals surface area contributed by atoms with E-state index in [9.17, 15) is 14.4 Å². The number of carboxylic acid groups (broad SMARTS) is 1. The van der Waals surface area contributed by atoms with Crippen LogP contribution < -0.4 is 5.32 Å². The van der Waals surface area contributed by atoms with Gasteiger partial charge in [0, 0.05) is 23.8 Å². The number of carbonyl (C=O) groups excluding carboxylic acids is 2. The van der Waals surface area contributed by atoms with E-state index in [1.54, 1.807) is 24.3 Å². The molecule has 2 rings (SSSR count). The number of benzene rings is 1. The van der Waals surface area contributed by atoms with Crippen LogP contribution in [0.1, 0.15) is 43.5 Å². The van der Waals surface area contributed by atoms with Crippen molar-refractivity contribution in [1.29, 1.82) is 0 Å². The van der Waals surface area contributed by atoms with Gasteiger partial charge >= 0.3 is 5.97 Å². The van der Waals surface area contributed by atoms with Gasteiger partial charge in [-0.2, -0.15) is 0 Å². The van der Waals surface area contributed by atoms with Crippen LogP contribution in [0.3, 0.4) is 0 Å². The van der Waals surface area contributed by atoms with Gasteiger partial charge in [0.15, 0.2) is 5.78 Å². The van der Waals surface area contributed by atoms with Crippen molar-refractivity contribution in [2.24, 2.45) is 0 Å². The zero-order chi connectivity index (χ0) is 20.0. The number of likely N-dealkylation sites (tertiary alicyclic amines) is 1. The quantitative estimate of drug-likeness (QED) is 0.670. The molecule has 1 aliphatic heterocycles. The van der Waals surface area contributed by atoms with Crippen LogP contribution in [-0.2, 0) is 9.59 Å². The Morgan fingerprint density at radius 1 is 1.29 bits per heavy atom. The number of likely N-dealkylation sites (N-methyl/N-ethyl adjacent to an activating group) is 1. The lowest BCUT2D eigenvalue weighted by Crippen LogP contribution is -2.43. The fourth-order valence-corrected chi connectivity index (χ4v) is 3.50. The molecular weight excluding hydrogens is 382 g/mol. The van der Waals surface area contributed by atoms with E-state index >= 15 is 0 Å². The summed E-state index contributed by atoms with van der Waals surface area (Å²) in [6.45, 7) is 4.97. The largest absolute Gasteiger partial charge is 0.480 e. The van der Waals surface area contributed by atoms with Crippen LogP contribution in [0.15, 0.2) is 24.3 Å². The summed E-state index contributed by atoms with van der Waals surface area (Å²) in [5.41, 5.74) is 1.19. The lowest BCUT2D eigenvalue weighted by atomic mass is 10.1. The van der Waals surface area contributed by atoms with Crippen molar-refractivity contribution in [1.82, 2.24) is 9.80 Å². The summed E-state index contributed by atoms with van der Waals surface area (Å²) >= 11 is 0. The molecule has 1 aromatic rings. The Labute approximate surface area is 172 Å². The molecule has 1 saturated heterocycles. The smallest absolute Gasteiger partial charge is 0.317 e. The highest BCUT2D eigenvalue weighted by atomic mass is 35.5. The van der Waals surface area contributed by atoms with E-state index in [4.69, 9.17) is 5.11 Å². The van der Waals surface area contributed by atoms with Crippen LogP contribution >= 0.6 is 12.4 Å². The van der Waals surface area contributed by atoms with Crippen LogP contribution in [-0.4, -0.2) is 71.3 Å². The lowest BCUT2D eigenvalue weighted by molar-refractivity contribution is -0.138. The molecule has 2 N–H and O–H groups in total. The molecule has 156 valence electrons. The highest BCUT2D eigenvalue weighted by molar-refractivity contribution is 5.98. The zero-order valence-corrected chi connectivity index (χ0v) is 17.5. The summed E-state index contributed by atoms with van der Waals surface area (Å²) in [6, 6.07) is 6.86. The van der Waals surface area contributed by atoms with Gasteiger partial charge in [0.25, 0.3) is 0 Å². The zero-order valence-electron chi connectivity index (χ0n) is 16.7. The molecule has 7 nitrogen and oxygen atoms in total. The molecule has 8 heteroatoms. The molecular formula is C20H30ClN3O4. The van der Waals surface area contributed by atoms with Gasteiger partial charge in [-0.1, -0.05) is 12.1 Å². The molecule has 0 bridgehead atoms. The number of halogens is 1. The van der Waals surface area contributed by atoms with Gasteiger partial charge in [-0.15, -0.1) is 12.4 Å². The van der Waals surface area contributed by atoms with Crippen molar-refractivity contribution >= 4 is 35.8 Å². The number of Topliss-reactive ketones (excluding diaryl/α,β-unsaturated/α-hetero) is 1. The van der Waals surface area contributed by atoms with E-state index in [0.29, 0.717) is 11.3 Å². The number of nitrogens with one attached hydrogen (secondary N) is 1. The number of nitrogens with zero attached hydrogens (tertiary/aromatic N) is 2. The molecule has 0 saturated carbocycles. The first-order chi connectivity index (χ1) is 12.8. The number of carbonyl (C=O) groups is 3. The van der Waals surface area contributed by atoms with Gasteiger partial charge in [0.1, 0.15) is 0 Å². The minimum atomic E-state index is -0.820.